The van der Waals surface area contributed by atoms with Crippen LogP contribution < -0.4 is 5.32 Å². The molecule has 0 bridgehead atoms. The number of aliphatic carboxylic acids is 1. The average Bonchev–Trinajstić information content (AvgIpc) is 2.45. The number of nitrogens with zero attached hydrogens (tertiary/aromatic N) is 1. The summed E-state index contributed by atoms with van der Waals surface area (Å²) >= 11 is 0. The SMILES string of the molecule is CCC(NC(=O)CN(C)S(=O)(=O)c1ccccc1)C(=O)O. The van der Waals surface area contributed by atoms with E-state index < -0.39 is 34.5 Å². The van der Waals surface area contributed by atoms with Gasteiger partial charge in [-0.1, -0.05) is 25.1 Å². The highest BCUT2D eigenvalue weighted by atomic mass is 32.2. The molecule has 0 heterocycles. The van der Waals surface area contributed by atoms with Crippen LogP contribution in [0.4, 0.5) is 0 Å². The first-order valence-corrected chi connectivity index (χ1v) is 7.76. The standard InChI is InChI=1S/C13H18N2O5S/c1-3-11(13(17)18)14-12(16)9-15(2)21(19,20)10-7-5-4-6-8-10/h4-8,11H,3,9H2,1-2H3,(H,14,16)(H,17,18). The van der Waals surface area contributed by atoms with Crippen LogP contribution >= 0.6 is 0 Å². The lowest BCUT2D eigenvalue weighted by Gasteiger charge is -2.18. The van der Waals surface area contributed by atoms with E-state index in [0.29, 0.717) is 0 Å². The first-order chi connectivity index (χ1) is 9.78. The maximum Gasteiger partial charge on any atom is 0.326 e. The number of benzene rings is 1. The summed E-state index contributed by atoms with van der Waals surface area (Å²) in [4.78, 5) is 22.6. The molecule has 0 aliphatic heterocycles. The van der Waals surface area contributed by atoms with Crippen LogP contribution in [-0.4, -0.2) is 49.3 Å². The van der Waals surface area contributed by atoms with Crippen molar-refractivity contribution in [1.29, 1.82) is 0 Å². The molecule has 0 saturated heterocycles. The van der Waals surface area contributed by atoms with Gasteiger partial charge in [-0.05, 0) is 18.6 Å². The quantitative estimate of drug-likeness (QED) is 0.752. The Bertz CT molecular complexity index is 600. The summed E-state index contributed by atoms with van der Waals surface area (Å²) in [5.41, 5.74) is 0. The monoisotopic (exact) mass is 314 g/mol. The van der Waals surface area contributed by atoms with Gasteiger partial charge in [-0.25, -0.2) is 13.2 Å². The number of hydrogen-bond donors (Lipinski definition) is 2. The molecular formula is C13H18N2O5S. The van der Waals surface area contributed by atoms with Crippen LogP contribution in [0.15, 0.2) is 35.2 Å². The molecule has 1 aromatic rings. The second-order valence-corrected chi connectivity index (χ2v) is 6.49. The lowest BCUT2D eigenvalue weighted by molar-refractivity contribution is -0.141. The third-order valence-electron chi connectivity index (χ3n) is 2.86. The lowest BCUT2D eigenvalue weighted by atomic mass is 10.2. The summed E-state index contributed by atoms with van der Waals surface area (Å²) in [6.07, 6.45) is 0.218. The Hall–Kier alpha value is -1.93. The van der Waals surface area contributed by atoms with Gasteiger partial charge in [0.2, 0.25) is 15.9 Å². The van der Waals surface area contributed by atoms with Crippen molar-refractivity contribution in [2.75, 3.05) is 13.6 Å². The molecule has 1 atom stereocenters. The van der Waals surface area contributed by atoms with Gasteiger partial charge in [-0.2, -0.15) is 4.31 Å². The Labute approximate surface area is 123 Å². The van der Waals surface area contributed by atoms with E-state index >= 15 is 0 Å². The van der Waals surface area contributed by atoms with Crippen LogP contribution in [0.25, 0.3) is 0 Å². The van der Waals surface area contributed by atoms with Crippen molar-refractivity contribution >= 4 is 21.9 Å². The van der Waals surface area contributed by atoms with Crippen LogP contribution in [0.3, 0.4) is 0 Å². The molecular weight excluding hydrogens is 296 g/mol. The molecule has 1 amide bonds. The Morgan fingerprint density at radius 1 is 1.29 bits per heavy atom. The number of rotatable bonds is 7. The minimum Gasteiger partial charge on any atom is -0.480 e. The molecule has 1 unspecified atom stereocenters. The number of carbonyl (C=O) groups is 2. The Morgan fingerprint density at radius 2 is 1.86 bits per heavy atom. The summed E-state index contributed by atoms with van der Waals surface area (Å²) in [7, 11) is -2.50. The van der Waals surface area contributed by atoms with Crippen LogP contribution in [0.2, 0.25) is 0 Å². The molecule has 0 aliphatic carbocycles. The molecule has 0 fully saturated rings. The normalized spacial score (nSPS) is 12.9. The van der Waals surface area contributed by atoms with Gasteiger partial charge in [0.05, 0.1) is 11.4 Å². The van der Waals surface area contributed by atoms with Crippen molar-refractivity contribution in [1.82, 2.24) is 9.62 Å². The number of nitrogens with one attached hydrogen (secondary N) is 1. The molecule has 0 spiro atoms. The van der Waals surface area contributed by atoms with Crippen molar-refractivity contribution in [3.63, 3.8) is 0 Å². The maximum absolute atomic E-state index is 12.2. The van der Waals surface area contributed by atoms with Crippen molar-refractivity contribution in [3.8, 4) is 0 Å². The summed E-state index contributed by atoms with van der Waals surface area (Å²) < 4.78 is 25.3. The molecule has 1 aromatic carbocycles. The van der Waals surface area contributed by atoms with Crippen LogP contribution in [0.1, 0.15) is 13.3 Å². The zero-order valence-electron chi connectivity index (χ0n) is 11.8. The third-order valence-corrected chi connectivity index (χ3v) is 4.68. The molecule has 8 heteroatoms. The van der Waals surface area contributed by atoms with Gasteiger partial charge in [0, 0.05) is 7.05 Å². The van der Waals surface area contributed by atoms with Gasteiger partial charge in [-0.15, -0.1) is 0 Å². The maximum atomic E-state index is 12.2. The molecule has 7 nitrogen and oxygen atoms in total. The van der Waals surface area contributed by atoms with Crippen molar-refractivity contribution < 1.29 is 23.1 Å². The predicted molar refractivity (Wildman–Crippen MR) is 76.1 cm³/mol. The number of likely N-dealkylation sites (N-methyl/N-ethyl adjacent to an activating group) is 1. The fraction of sp³-hybridized carbons (Fsp3) is 0.385. The van der Waals surface area contributed by atoms with Crippen LogP contribution in [0, 0.1) is 0 Å². The van der Waals surface area contributed by atoms with Crippen molar-refractivity contribution in [2.45, 2.75) is 24.3 Å². The third kappa shape index (κ3) is 4.54. The Kier molecular flexibility index (Phi) is 5.86. The average molecular weight is 314 g/mol. The number of carboxylic acid groups (broad SMARTS) is 1. The van der Waals surface area contributed by atoms with Gasteiger partial charge in [0.25, 0.3) is 0 Å². The van der Waals surface area contributed by atoms with Crippen LogP contribution in [0.5, 0.6) is 0 Å². The lowest BCUT2D eigenvalue weighted by Crippen LogP contribution is -2.45. The summed E-state index contributed by atoms with van der Waals surface area (Å²) in [6, 6.07) is 6.68. The second-order valence-electron chi connectivity index (χ2n) is 4.44. The Morgan fingerprint density at radius 3 is 2.33 bits per heavy atom. The van der Waals surface area contributed by atoms with Gasteiger partial charge >= 0.3 is 5.97 Å². The smallest absolute Gasteiger partial charge is 0.326 e. The topological polar surface area (TPSA) is 104 Å². The molecule has 0 saturated carbocycles. The fourth-order valence-corrected chi connectivity index (χ4v) is 2.79. The van der Waals surface area contributed by atoms with E-state index in [1.807, 2.05) is 0 Å². The van der Waals surface area contributed by atoms with E-state index in [1.165, 1.54) is 19.2 Å². The number of sulfonamides is 1. The molecule has 0 aliphatic rings. The van der Waals surface area contributed by atoms with Gasteiger partial charge in [0.15, 0.2) is 0 Å². The van der Waals surface area contributed by atoms with Gasteiger partial charge in [0.1, 0.15) is 6.04 Å². The van der Waals surface area contributed by atoms with E-state index in [4.69, 9.17) is 5.11 Å². The summed E-state index contributed by atoms with van der Waals surface area (Å²) in [6.45, 7) is 1.17. The molecule has 0 radical (unpaired) electrons. The van der Waals surface area contributed by atoms with E-state index in [2.05, 4.69) is 5.32 Å². The van der Waals surface area contributed by atoms with Crippen molar-refractivity contribution in [2.24, 2.45) is 0 Å². The largest absolute Gasteiger partial charge is 0.480 e. The first-order valence-electron chi connectivity index (χ1n) is 6.32. The fourth-order valence-electron chi connectivity index (χ4n) is 1.64. The van der Waals surface area contributed by atoms with Crippen LogP contribution in [-0.2, 0) is 19.6 Å². The highest BCUT2D eigenvalue weighted by molar-refractivity contribution is 7.89. The van der Waals surface area contributed by atoms with E-state index in [9.17, 15) is 18.0 Å². The highest BCUT2D eigenvalue weighted by Gasteiger charge is 2.24. The number of amides is 1. The van der Waals surface area contributed by atoms with Gasteiger partial charge in [-0.3, -0.25) is 4.79 Å². The number of carbonyl (C=O) groups excluding carboxylic acids is 1. The van der Waals surface area contributed by atoms with Gasteiger partial charge < -0.3 is 10.4 Å². The predicted octanol–water partition coefficient (Wildman–Crippen LogP) is 0.286. The molecule has 116 valence electrons. The molecule has 21 heavy (non-hydrogen) atoms. The summed E-state index contributed by atoms with van der Waals surface area (Å²) in [5.74, 6) is -1.81. The molecule has 0 aromatic heterocycles. The van der Waals surface area contributed by atoms with Crippen molar-refractivity contribution in [3.05, 3.63) is 30.3 Å². The molecule has 1 rings (SSSR count). The minimum atomic E-state index is -3.77. The van der Waals surface area contributed by atoms with E-state index in [1.54, 1.807) is 25.1 Å². The van der Waals surface area contributed by atoms with E-state index in [-0.39, 0.29) is 11.3 Å². The number of carboxylic acids is 1. The summed E-state index contributed by atoms with van der Waals surface area (Å²) in [5, 5.41) is 11.1. The zero-order valence-corrected chi connectivity index (χ0v) is 12.6. The van der Waals surface area contributed by atoms with E-state index in [0.717, 1.165) is 4.31 Å². The zero-order chi connectivity index (χ0) is 16.0. The highest BCUT2D eigenvalue weighted by Crippen LogP contribution is 2.12. The Balaban J connectivity index is 2.75. The molecule has 2 N–H and O–H groups in total. The second kappa shape index (κ2) is 7.19. The number of hydrogen-bond acceptors (Lipinski definition) is 4. The first kappa shape index (κ1) is 17.1. The minimum absolute atomic E-state index is 0.0746.